The van der Waals surface area contributed by atoms with Gasteiger partial charge in [0.2, 0.25) is 0 Å². The second-order valence-corrected chi connectivity index (χ2v) is 2.78. The molecule has 78 valence electrons. The SMILES string of the molecule is Cc1c(C#N)cnc(C(=O)O)c1C(F)F. The largest absolute Gasteiger partial charge is 0.476 e. The first-order valence-electron chi connectivity index (χ1n) is 3.90. The molecule has 0 saturated carbocycles. The Morgan fingerprint density at radius 2 is 2.27 bits per heavy atom. The van der Waals surface area contributed by atoms with Crippen molar-refractivity contribution < 1.29 is 18.7 Å². The fourth-order valence-electron chi connectivity index (χ4n) is 1.17. The summed E-state index contributed by atoms with van der Waals surface area (Å²) in [5, 5.41) is 17.2. The van der Waals surface area contributed by atoms with E-state index in [1.807, 2.05) is 0 Å². The van der Waals surface area contributed by atoms with Crippen LogP contribution in [0.25, 0.3) is 0 Å². The number of nitrogens with zero attached hydrogens (tertiary/aromatic N) is 2. The quantitative estimate of drug-likeness (QED) is 0.812. The second-order valence-electron chi connectivity index (χ2n) is 2.78. The summed E-state index contributed by atoms with van der Waals surface area (Å²) in [6, 6.07) is 1.67. The van der Waals surface area contributed by atoms with Crippen molar-refractivity contribution in [2.24, 2.45) is 0 Å². The molecule has 0 aliphatic rings. The highest BCUT2D eigenvalue weighted by atomic mass is 19.3. The van der Waals surface area contributed by atoms with Gasteiger partial charge in [-0.1, -0.05) is 0 Å². The fraction of sp³-hybridized carbons (Fsp3) is 0.222. The highest BCUT2D eigenvalue weighted by Gasteiger charge is 2.23. The van der Waals surface area contributed by atoms with Crippen molar-refractivity contribution in [3.05, 3.63) is 28.6 Å². The van der Waals surface area contributed by atoms with Gasteiger partial charge in [-0.05, 0) is 12.5 Å². The van der Waals surface area contributed by atoms with Gasteiger partial charge in [0.05, 0.1) is 11.1 Å². The van der Waals surface area contributed by atoms with Gasteiger partial charge < -0.3 is 5.11 Å². The molecule has 0 spiro atoms. The van der Waals surface area contributed by atoms with Gasteiger partial charge in [-0.25, -0.2) is 18.6 Å². The van der Waals surface area contributed by atoms with Crippen LogP contribution in [0.4, 0.5) is 8.78 Å². The minimum atomic E-state index is -2.96. The van der Waals surface area contributed by atoms with Gasteiger partial charge in [0.25, 0.3) is 6.43 Å². The molecule has 0 fully saturated rings. The molecule has 0 bridgehead atoms. The van der Waals surface area contributed by atoms with E-state index in [2.05, 4.69) is 4.98 Å². The molecular formula is C9H6F2N2O2. The van der Waals surface area contributed by atoms with Crippen molar-refractivity contribution in [1.29, 1.82) is 5.26 Å². The monoisotopic (exact) mass is 212 g/mol. The molecule has 4 nitrogen and oxygen atoms in total. The molecule has 0 radical (unpaired) electrons. The number of alkyl halides is 2. The van der Waals surface area contributed by atoms with Crippen LogP contribution in [0.2, 0.25) is 0 Å². The van der Waals surface area contributed by atoms with Crippen molar-refractivity contribution in [3.63, 3.8) is 0 Å². The number of nitriles is 1. The lowest BCUT2D eigenvalue weighted by Crippen LogP contribution is -2.09. The number of carbonyl (C=O) groups is 1. The van der Waals surface area contributed by atoms with Crippen molar-refractivity contribution in [2.75, 3.05) is 0 Å². The molecule has 1 heterocycles. The molecule has 0 unspecified atom stereocenters. The Morgan fingerprint density at radius 1 is 1.67 bits per heavy atom. The summed E-state index contributed by atoms with van der Waals surface area (Å²) in [5.41, 5.74) is -1.49. The average molecular weight is 212 g/mol. The van der Waals surface area contributed by atoms with Crippen molar-refractivity contribution >= 4 is 5.97 Å². The molecule has 0 saturated heterocycles. The fourth-order valence-corrected chi connectivity index (χ4v) is 1.17. The number of halogens is 2. The van der Waals surface area contributed by atoms with Crippen LogP contribution >= 0.6 is 0 Å². The summed E-state index contributed by atoms with van der Waals surface area (Å²) in [5.74, 6) is -1.53. The summed E-state index contributed by atoms with van der Waals surface area (Å²) in [4.78, 5) is 13.9. The minimum absolute atomic E-state index is 0.0418. The first-order valence-corrected chi connectivity index (χ1v) is 3.90. The maximum atomic E-state index is 12.6. The van der Waals surface area contributed by atoms with Gasteiger partial charge in [-0.3, -0.25) is 0 Å². The molecule has 1 N–H and O–H groups in total. The molecule has 0 aliphatic carbocycles. The molecule has 1 aromatic rings. The van der Waals surface area contributed by atoms with E-state index in [9.17, 15) is 13.6 Å². The minimum Gasteiger partial charge on any atom is -0.476 e. The summed E-state index contributed by atoms with van der Waals surface area (Å²) in [7, 11) is 0. The van der Waals surface area contributed by atoms with Gasteiger partial charge >= 0.3 is 5.97 Å². The van der Waals surface area contributed by atoms with E-state index in [0.29, 0.717) is 0 Å². The molecule has 0 aliphatic heterocycles. The van der Waals surface area contributed by atoms with E-state index in [4.69, 9.17) is 10.4 Å². The highest BCUT2D eigenvalue weighted by molar-refractivity contribution is 5.87. The van der Waals surface area contributed by atoms with Crippen molar-refractivity contribution in [1.82, 2.24) is 4.98 Å². The van der Waals surface area contributed by atoms with Crippen LogP contribution in [0.1, 0.15) is 33.6 Å². The maximum Gasteiger partial charge on any atom is 0.355 e. The number of carboxylic acid groups (broad SMARTS) is 1. The lowest BCUT2D eigenvalue weighted by atomic mass is 10.0. The topological polar surface area (TPSA) is 74.0 Å². The zero-order chi connectivity index (χ0) is 11.6. The molecule has 6 heteroatoms. The first kappa shape index (κ1) is 11.0. The summed E-state index contributed by atoms with van der Waals surface area (Å²) < 4.78 is 25.1. The van der Waals surface area contributed by atoms with Crippen LogP contribution in [0.3, 0.4) is 0 Å². The number of rotatable bonds is 2. The number of hydrogen-bond donors (Lipinski definition) is 1. The Hall–Kier alpha value is -2.03. The van der Waals surface area contributed by atoms with Gasteiger partial charge in [0.1, 0.15) is 6.07 Å². The zero-order valence-corrected chi connectivity index (χ0v) is 7.66. The van der Waals surface area contributed by atoms with Crippen LogP contribution in [-0.4, -0.2) is 16.1 Å². The van der Waals surface area contributed by atoms with E-state index in [-0.39, 0.29) is 11.1 Å². The van der Waals surface area contributed by atoms with Gasteiger partial charge in [-0.15, -0.1) is 0 Å². The molecule has 1 aromatic heterocycles. The molecule has 0 aromatic carbocycles. The van der Waals surface area contributed by atoms with Gasteiger partial charge in [0, 0.05) is 6.20 Å². The molecule has 1 rings (SSSR count). The lowest BCUT2D eigenvalue weighted by molar-refractivity contribution is 0.0676. The summed E-state index contributed by atoms with van der Waals surface area (Å²) in [6.45, 7) is 1.27. The zero-order valence-electron chi connectivity index (χ0n) is 7.66. The van der Waals surface area contributed by atoms with E-state index >= 15 is 0 Å². The Balaban J connectivity index is 3.53. The Bertz CT molecular complexity index is 452. The van der Waals surface area contributed by atoms with Crippen LogP contribution in [0.5, 0.6) is 0 Å². The first-order chi connectivity index (χ1) is 6.99. The Kier molecular flexibility index (Phi) is 2.95. The predicted octanol–water partition coefficient (Wildman–Crippen LogP) is 1.90. The third-order valence-corrected chi connectivity index (χ3v) is 1.93. The van der Waals surface area contributed by atoms with Crippen LogP contribution in [0, 0.1) is 18.3 Å². The van der Waals surface area contributed by atoms with Crippen LogP contribution in [-0.2, 0) is 0 Å². The van der Waals surface area contributed by atoms with Crippen LogP contribution in [0.15, 0.2) is 6.20 Å². The summed E-state index contributed by atoms with van der Waals surface area (Å²) >= 11 is 0. The van der Waals surface area contributed by atoms with E-state index in [0.717, 1.165) is 6.20 Å². The second kappa shape index (κ2) is 4.00. The number of carboxylic acids is 1. The summed E-state index contributed by atoms with van der Waals surface area (Å²) in [6.07, 6.45) is -1.98. The van der Waals surface area contributed by atoms with E-state index in [1.54, 1.807) is 6.07 Å². The smallest absolute Gasteiger partial charge is 0.355 e. The van der Waals surface area contributed by atoms with E-state index < -0.39 is 23.7 Å². The van der Waals surface area contributed by atoms with Gasteiger partial charge in [-0.2, -0.15) is 5.26 Å². The number of pyridine rings is 1. The van der Waals surface area contributed by atoms with Crippen molar-refractivity contribution in [2.45, 2.75) is 13.3 Å². The van der Waals surface area contributed by atoms with Crippen molar-refractivity contribution in [3.8, 4) is 6.07 Å². The Labute approximate surface area is 83.8 Å². The number of hydrogen-bond acceptors (Lipinski definition) is 3. The third-order valence-electron chi connectivity index (χ3n) is 1.93. The predicted molar refractivity (Wildman–Crippen MR) is 45.6 cm³/mol. The molecule has 15 heavy (non-hydrogen) atoms. The lowest BCUT2D eigenvalue weighted by Gasteiger charge is -2.08. The molecule has 0 amide bonds. The maximum absolute atomic E-state index is 12.6. The average Bonchev–Trinajstić information content (AvgIpc) is 2.16. The third kappa shape index (κ3) is 1.91. The standard InChI is InChI=1S/C9H6F2N2O2/c1-4-5(2-12)3-13-7(9(14)15)6(4)8(10)11/h3,8H,1H3,(H,14,15). The number of aromatic carboxylic acids is 1. The van der Waals surface area contributed by atoms with Crippen LogP contribution < -0.4 is 0 Å². The molecule has 0 atom stereocenters. The Morgan fingerprint density at radius 3 is 2.67 bits per heavy atom. The van der Waals surface area contributed by atoms with Gasteiger partial charge in [0.15, 0.2) is 5.69 Å². The van der Waals surface area contributed by atoms with E-state index in [1.165, 1.54) is 6.92 Å². The normalized spacial score (nSPS) is 10.1. The number of aromatic nitrogens is 1. The highest BCUT2D eigenvalue weighted by Crippen LogP contribution is 2.27. The molecular weight excluding hydrogens is 206 g/mol.